The van der Waals surface area contributed by atoms with Crippen LogP contribution < -0.4 is 15.4 Å². The Morgan fingerprint density at radius 3 is 2.73 bits per heavy atom. The average molecular weight is 376 g/mol. The van der Waals surface area contributed by atoms with Gasteiger partial charge in [-0.1, -0.05) is 11.6 Å². The fraction of sp³-hybridized carbons (Fsp3) is 0.550. The average Bonchev–Trinajstić information content (AvgIpc) is 2.67. The lowest BCUT2D eigenvalue weighted by Crippen LogP contribution is -3.13. The molecular weight excluding hydrogens is 352 g/mol. The highest BCUT2D eigenvalue weighted by atomic mass is 35.5. The second-order valence-electron chi connectivity index (χ2n) is 7.65. The van der Waals surface area contributed by atoms with Crippen LogP contribution in [0, 0.1) is 0 Å². The largest absolute Gasteiger partial charge is 0.422 e. The van der Waals surface area contributed by atoms with Gasteiger partial charge in [0.05, 0.1) is 18.2 Å². The van der Waals surface area contributed by atoms with Crippen LogP contribution in [0.4, 0.5) is 5.69 Å². The molecule has 5 nitrogen and oxygen atoms in total. The van der Waals surface area contributed by atoms with Gasteiger partial charge in [0.25, 0.3) is 0 Å². The van der Waals surface area contributed by atoms with Crippen molar-refractivity contribution in [3.05, 3.63) is 38.2 Å². The Hall–Kier alpha value is -1.56. The second kappa shape index (κ2) is 6.55. The minimum atomic E-state index is -0.273. The molecule has 1 fully saturated rings. The summed E-state index contributed by atoms with van der Waals surface area (Å²) >= 11 is 6.77. The summed E-state index contributed by atoms with van der Waals surface area (Å²) in [6.07, 6.45) is 4.32. The normalized spacial score (nSPS) is 20.4. The maximum Gasteiger partial charge on any atom is 0.346 e. The Labute approximate surface area is 157 Å². The van der Waals surface area contributed by atoms with Crippen LogP contribution in [-0.4, -0.2) is 39.4 Å². The second-order valence-corrected chi connectivity index (χ2v) is 8.03. The van der Waals surface area contributed by atoms with Crippen LogP contribution in [0.15, 0.2) is 15.3 Å². The standard InChI is InChI=1S/C20H23ClN2O3/c21-17-15-11-13-3-1-5-23-6-2-4-14(18(13)23)19(15)26-20(24)16(17)12-22-7-9-25-10-8-22/h11H,1-10,12H2/p+1. The molecule has 0 bridgehead atoms. The Bertz CT molecular complexity index is 916. The first-order valence-electron chi connectivity index (χ1n) is 9.68. The van der Waals surface area contributed by atoms with Crippen LogP contribution >= 0.6 is 11.6 Å². The fourth-order valence-corrected chi connectivity index (χ4v) is 5.04. The number of quaternary nitrogens is 1. The molecule has 0 radical (unpaired) electrons. The highest BCUT2D eigenvalue weighted by Gasteiger charge is 2.29. The molecule has 3 aliphatic rings. The van der Waals surface area contributed by atoms with E-state index in [1.54, 1.807) is 0 Å². The smallest absolute Gasteiger partial charge is 0.346 e. The van der Waals surface area contributed by atoms with Crippen molar-refractivity contribution in [1.82, 2.24) is 0 Å². The molecule has 0 aliphatic carbocycles. The highest BCUT2D eigenvalue weighted by Crippen LogP contribution is 2.41. The lowest BCUT2D eigenvalue weighted by Gasteiger charge is -2.37. The molecule has 2 aromatic rings. The molecule has 0 atom stereocenters. The molecule has 26 heavy (non-hydrogen) atoms. The number of hydrogen-bond acceptors (Lipinski definition) is 4. The number of nitrogens with one attached hydrogen (secondary N) is 1. The zero-order valence-corrected chi connectivity index (χ0v) is 15.7. The highest BCUT2D eigenvalue weighted by molar-refractivity contribution is 6.36. The van der Waals surface area contributed by atoms with E-state index in [1.807, 2.05) is 0 Å². The summed E-state index contributed by atoms with van der Waals surface area (Å²) in [5.41, 5.74) is 4.91. The summed E-state index contributed by atoms with van der Waals surface area (Å²) < 4.78 is 11.3. The van der Waals surface area contributed by atoms with Gasteiger partial charge in [-0.2, -0.15) is 0 Å². The number of anilines is 1. The van der Waals surface area contributed by atoms with Crippen molar-refractivity contribution in [1.29, 1.82) is 0 Å². The predicted molar refractivity (Wildman–Crippen MR) is 102 cm³/mol. The number of nitrogens with zero attached hydrogens (tertiary/aromatic N) is 1. The fourth-order valence-electron chi connectivity index (χ4n) is 4.75. The SMILES string of the molecule is O=c1oc2c3c4c(cc2c(Cl)c1C[NH+]1CCOCC1)CCCN4CCC3. The number of hydrogen-bond donors (Lipinski definition) is 1. The van der Waals surface area contributed by atoms with E-state index in [-0.39, 0.29) is 5.63 Å². The van der Waals surface area contributed by atoms with E-state index in [1.165, 1.54) is 28.1 Å². The summed E-state index contributed by atoms with van der Waals surface area (Å²) in [5.74, 6) is 0. The first-order chi connectivity index (χ1) is 12.7. The van der Waals surface area contributed by atoms with Crippen molar-refractivity contribution in [2.45, 2.75) is 32.2 Å². The third-order valence-corrected chi connectivity index (χ3v) is 6.47. The lowest BCUT2D eigenvalue weighted by molar-refractivity contribution is -0.921. The van der Waals surface area contributed by atoms with E-state index in [2.05, 4.69) is 11.0 Å². The van der Waals surface area contributed by atoms with Gasteiger partial charge in [-0.15, -0.1) is 0 Å². The summed E-state index contributed by atoms with van der Waals surface area (Å²) in [5, 5.41) is 1.52. The first kappa shape index (κ1) is 16.6. The van der Waals surface area contributed by atoms with E-state index in [4.69, 9.17) is 20.8 Å². The van der Waals surface area contributed by atoms with E-state index >= 15 is 0 Å². The van der Waals surface area contributed by atoms with Crippen LogP contribution in [-0.2, 0) is 24.1 Å². The van der Waals surface area contributed by atoms with Gasteiger partial charge >= 0.3 is 5.63 Å². The number of morpholine rings is 1. The monoisotopic (exact) mass is 375 g/mol. The molecule has 0 spiro atoms. The van der Waals surface area contributed by atoms with Gasteiger partial charge in [0, 0.05) is 29.7 Å². The van der Waals surface area contributed by atoms with E-state index in [0.29, 0.717) is 22.7 Å². The zero-order chi connectivity index (χ0) is 17.7. The van der Waals surface area contributed by atoms with Crippen molar-refractivity contribution in [3.63, 3.8) is 0 Å². The van der Waals surface area contributed by atoms with Crippen LogP contribution in [0.5, 0.6) is 0 Å². The van der Waals surface area contributed by atoms with Gasteiger partial charge < -0.3 is 19.0 Å². The van der Waals surface area contributed by atoms with Gasteiger partial charge in [0.2, 0.25) is 0 Å². The molecule has 4 heterocycles. The van der Waals surface area contributed by atoms with Gasteiger partial charge in [-0.05, 0) is 37.3 Å². The number of ether oxygens (including phenoxy) is 1. The first-order valence-corrected chi connectivity index (χ1v) is 10.1. The van der Waals surface area contributed by atoms with Crippen molar-refractivity contribution in [2.24, 2.45) is 0 Å². The zero-order valence-electron chi connectivity index (χ0n) is 14.9. The summed E-state index contributed by atoms with van der Waals surface area (Å²) in [7, 11) is 0. The minimum Gasteiger partial charge on any atom is -0.422 e. The Balaban J connectivity index is 1.66. The van der Waals surface area contributed by atoms with Gasteiger partial charge in [0.1, 0.15) is 30.8 Å². The predicted octanol–water partition coefficient (Wildman–Crippen LogP) is 1.56. The van der Waals surface area contributed by atoms with E-state index in [9.17, 15) is 4.79 Å². The molecule has 0 amide bonds. The summed E-state index contributed by atoms with van der Waals surface area (Å²) in [6, 6.07) is 2.18. The Kier molecular flexibility index (Phi) is 4.18. The lowest BCUT2D eigenvalue weighted by atomic mass is 9.90. The molecule has 1 aromatic heterocycles. The quantitative estimate of drug-likeness (QED) is 0.809. The summed E-state index contributed by atoms with van der Waals surface area (Å²) in [4.78, 5) is 16.5. The number of rotatable bonds is 2. The van der Waals surface area contributed by atoms with Crippen molar-refractivity contribution < 1.29 is 14.1 Å². The van der Waals surface area contributed by atoms with Crippen molar-refractivity contribution in [3.8, 4) is 0 Å². The molecule has 1 saturated heterocycles. The number of aryl methyl sites for hydroxylation is 2. The topological polar surface area (TPSA) is 47.1 Å². The Morgan fingerprint density at radius 1 is 1.15 bits per heavy atom. The third kappa shape index (κ3) is 2.65. The molecule has 1 N–H and O–H groups in total. The van der Waals surface area contributed by atoms with Gasteiger partial charge in [0.15, 0.2) is 0 Å². The van der Waals surface area contributed by atoms with Gasteiger partial charge in [-0.3, -0.25) is 0 Å². The van der Waals surface area contributed by atoms with E-state index < -0.39 is 0 Å². The number of fused-ring (bicyclic) bond motifs is 2. The molecule has 1 aromatic carbocycles. The summed E-state index contributed by atoms with van der Waals surface area (Å²) in [6.45, 7) is 6.08. The maximum absolute atomic E-state index is 12.8. The molecule has 0 unspecified atom stereocenters. The van der Waals surface area contributed by atoms with E-state index in [0.717, 1.165) is 64.0 Å². The minimum absolute atomic E-state index is 0.273. The van der Waals surface area contributed by atoms with Crippen molar-refractivity contribution >= 4 is 28.3 Å². The molecule has 6 heteroatoms. The third-order valence-electron chi connectivity index (χ3n) is 6.04. The van der Waals surface area contributed by atoms with Crippen LogP contribution in [0.1, 0.15) is 29.5 Å². The molecule has 0 saturated carbocycles. The maximum atomic E-state index is 12.8. The van der Waals surface area contributed by atoms with Crippen LogP contribution in [0.3, 0.4) is 0 Å². The van der Waals surface area contributed by atoms with Crippen LogP contribution in [0.25, 0.3) is 11.0 Å². The van der Waals surface area contributed by atoms with Crippen molar-refractivity contribution in [2.75, 3.05) is 44.3 Å². The molecule has 138 valence electrons. The molecular formula is C20H24ClN2O3+. The number of benzene rings is 1. The number of halogens is 1. The Morgan fingerprint density at radius 2 is 1.92 bits per heavy atom. The molecule has 3 aliphatic heterocycles. The van der Waals surface area contributed by atoms with Crippen LogP contribution in [0.2, 0.25) is 5.02 Å². The van der Waals surface area contributed by atoms with Gasteiger partial charge in [-0.25, -0.2) is 4.79 Å². The molecule has 5 rings (SSSR count).